The lowest BCUT2D eigenvalue weighted by Crippen LogP contribution is -2.34. The van der Waals surface area contributed by atoms with E-state index in [1.165, 1.54) is 19.3 Å². The molecular weight excluding hydrogens is 202 g/mol. The summed E-state index contributed by atoms with van der Waals surface area (Å²) in [5.41, 5.74) is 0. The van der Waals surface area contributed by atoms with Crippen LogP contribution in [0.25, 0.3) is 0 Å². The van der Waals surface area contributed by atoms with Gasteiger partial charge in [-0.2, -0.15) is 0 Å². The zero-order valence-electron chi connectivity index (χ0n) is 11.5. The first-order valence-corrected chi connectivity index (χ1v) is 6.35. The van der Waals surface area contributed by atoms with Crippen LogP contribution < -0.4 is 0 Å². The van der Waals surface area contributed by atoms with E-state index in [9.17, 15) is 4.79 Å². The maximum absolute atomic E-state index is 11.6. The predicted molar refractivity (Wildman–Crippen MR) is 67.4 cm³/mol. The van der Waals surface area contributed by atoms with Gasteiger partial charge in [0.15, 0.2) is 0 Å². The van der Waals surface area contributed by atoms with Gasteiger partial charge in [0.25, 0.3) is 5.91 Å². The maximum Gasteiger partial charge on any atom is 0.250 e. The molecule has 3 nitrogen and oxygen atoms in total. The molecule has 0 rings (SSSR count). The zero-order valence-corrected chi connectivity index (χ0v) is 11.5. The Kier molecular flexibility index (Phi) is 8.26. The molecule has 0 aromatic rings. The predicted octanol–water partition coefficient (Wildman–Crippen LogP) is 2.70. The molecule has 2 unspecified atom stereocenters. The fraction of sp³-hybridized carbons (Fsp3) is 0.923. The van der Waals surface area contributed by atoms with E-state index in [-0.39, 0.29) is 12.0 Å². The largest absolute Gasteiger partial charge is 0.368 e. The normalized spacial score (nSPS) is 14.6. The molecule has 0 aliphatic rings. The molecule has 0 aliphatic carbocycles. The second kappa shape index (κ2) is 8.57. The molecule has 0 aromatic carbocycles. The van der Waals surface area contributed by atoms with Gasteiger partial charge in [-0.05, 0) is 19.3 Å². The van der Waals surface area contributed by atoms with Crippen molar-refractivity contribution in [3.05, 3.63) is 0 Å². The molecule has 0 aliphatic heterocycles. The topological polar surface area (TPSA) is 29.5 Å². The van der Waals surface area contributed by atoms with Crippen molar-refractivity contribution in [3.8, 4) is 0 Å². The van der Waals surface area contributed by atoms with Crippen LogP contribution in [0.15, 0.2) is 0 Å². The third kappa shape index (κ3) is 6.11. The van der Waals surface area contributed by atoms with E-state index in [0.29, 0.717) is 12.5 Å². The SMILES string of the molecule is CCCCC(CC)COC(C)C(=O)N(C)C. The van der Waals surface area contributed by atoms with Crippen molar-refractivity contribution in [1.82, 2.24) is 4.90 Å². The Morgan fingerprint density at radius 3 is 2.38 bits per heavy atom. The molecule has 0 N–H and O–H groups in total. The van der Waals surface area contributed by atoms with Crippen molar-refractivity contribution in [2.24, 2.45) is 5.92 Å². The molecule has 2 atom stereocenters. The Labute approximate surface area is 100 Å². The van der Waals surface area contributed by atoms with E-state index in [4.69, 9.17) is 4.74 Å². The van der Waals surface area contributed by atoms with Gasteiger partial charge in [-0.3, -0.25) is 4.79 Å². The Bertz CT molecular complexity index is 192. The number of carbonyl (C=O) groups is 1. The minimum absolute atomic E-state index is 0.0466. The van der Waals surface area contributed by atoms with Crippen molar-refractivity contribution in [3.63, 3.8) is 0 Å². The molecule has 0 aromatic heterocycles. The summed E-state index contributed by atoms with van der Waals surface area (Å²) in [6.07, 6.45) is 4.49. The van der Waals surface area contributed by atoms with Crippen LogP contribution in [-0.2, 0) is 9.53 Å². The van der Waals surface area contributed by atoms with Crippen LogP contribution in [0, 0.1) is 5.92 Å². The van der Waals surface area contributed by atoms with E-state index < -0.39 is 0 Å². The van der Waals surface area contributed by atoms with Gasteiger partial charge in [0.1, 0.15) is 6.10 Å². The summed E-state index contributed by atoms with van der Waals surface area (Å²) in [7, 11) is 3.52. The van der Waals surface area contributed by atoms with Gasteiger partial charge in [0.05, 0.1) is 6.61 Å². The molecule has 0 spiro atoms. The van der Waals surface area contributed by atoms with Gasteiger partial charge in [-0.1, -0.05) is 33.1 Å². The number of ether oxygens (including phenoxy) is 1. The molecule has 96 valence electrons. The van der Waals surface area contributed by atoms with Crippen molar-refractivity contribution >= 4 is 5.91 Å². The minimum atomic E-state index is -0.314. The Hall–Kier alpha value is -0.570. The number of hydrogen-bond donors (Lipinski definition) is 0. The van der Waals surface area contributed by atoms with Crippen LogP contribution in [0.3, 0.4) is 0 Å². The number of amides is 1. The highest BCUT2D eigenvalue weighted by Crippen LogP contribution is 2.13. The van der Waals surface area contributed by atoms with Gasteiger partial charge in [0.2, 0.25) is 0 Å². The summed E-state index contributed by atoms with van der Waals surface area (Å²) < 4.78 is 5.62. The van der Waals surface area contributed by atoms with E-state index in [1.54, 1.807) is 19.0 Å². The van der Waals surface area contributed by atoms with E-state index >= 15 is 0 Å². The fourth-order valence-corrected chi connectivity index (χ4v) is 1.61. The molecule has 16 heavy (non-hydrogen) atoms. The maximum atomic E-state index is 11.6. The van der Waals surface area contributed by atoms with Gasteiger partial charge in [-0.25, -0.2) is 0 Å². The van der Waals surface area contributed by atoms with Gasteiger partial charge < -0.3 is 9.64 Å². The number of likely N-dealkylation sites (N-methyl/N-ethyl adjacent to an activating group) is 1. The summed E-state index contributed by atoms with van der Waals surface area (Å²) in [5.74, 6) is 0.641. The Balaban J connectivity index is 3.87. The number of carbonyl (C=O) groups excluding carboxylic acids is 1. The summed E-state index contributed by atoms with van der Waals surface area (Å²) in [6.45, 7) is 6.92. The van der Waals surface area contributed by atoms with E-state index in [1.807, 2.05) is 6.92 Å². The third-order valence-corrected chi connectivity index (χ3v) is 2.91. The summed E-state index contributed by atoms with van der Waals surface area (Å²) in [5, 5.41) is 0. The van der Waals surface area contributed by atoms with Crippen molar-refractivity contribution in [2.75, 3.05) is 20.7 Å². The van der Waals surface area contributed by atoms with E-state index in [2.05, 4.69) is 13.8 Å². The average Bonchev–Trinajstić information content (AvgIpc) is 2.27. The average molecular weight is 229 g/mol. The van der Waals surface area contributed by atoms with Crippen LogP contribution in [-0.4, -0.2) is 37.6 Å². The number of nitrogens with zero attached hydrogens (tertiary/aromatic N) is 1. The van der Waals surface area contributed by atoms with Crippen LogP contribution in [0.4, 0.5) is 0 Å². The molecule has 0 fully saturated rings. The second-order valence-electron chi connectivity index (χ2n) is 4.62. The number of unbranched alkanes of at least 4 members (excludes halogenated alkanes) is 1. The molecular formula is C13H27NO2. The molecule has 0 saturated heterocycles. The second-order valence-corrected chi connectivity index (χ2v) is 4.62. The Morgan fingerprint density at radius 1 is 1.31 bits per heavy atom. The van der Waals surface area contributed by atoms with Crippen molar-refractivity contribution < 1.29 is 9.53 Å². The zero-order chi connectivity index (χ0) is 12.6. The van der Waals surface area contributed by atoms with Crippen LogP contribution >= 0.6 is 0 Å². The molecule has 0 saturated carbocycles. The fourth-order valence-electron chi connectivity index (χ4n) is 1.61. The summed E-state index contributed by atoms with van der Waals surface area (Å²) in [4.78, 5) is 13.1. The molecule has 0 bridgehead atoms. The van der Waals surface area contributed by atoms with Gasteiger partial charge >= 0.3 is 0 Å². The van der Waals surface area contributed by atoms with Crippen molar-refractivity contribution in [2.45, 2.75) is 52.6 Å². The lowest BCUT2D eigenvalue weighted by atomic mass is 10.0. The quantitative estimate of drug-likeness (QED) is 0.640. The molecule has 3 heteroatoms. The highest BCUT2D eigenvalue weighted by molar-refractivity contribution is 5.79. The highest BCUT2D eigenvalue weighted by atomic mass is 16.5. The lowest BCUT2D eigenvalue weighted by Gasteiger charge is -2.20. The van der Waals surface area contributed by atoms with Gasteiger partial charge in [0, 0.05) is 14.1 Å². The van der Waals surface area contributed by atoms with Crippen LogP contribution in [0.1, 0.15) is 46.5 Å². The first-order chi connectivity index (χ1) is 7.52. The van der Waals surface area contributed by atoms with E-state index in [0.717, 1.165) is 6.42 Å². The lowest BCUT2D eigenvalue weighted by molar-refractivity contribution is -0.140. The highest BCUT2D eigenvalue weighted by Gasteiger charge is 2.16. The van der Waals surface area contributed by atoms with Crippen molar-refractivity contribution in [1.29, 1.82) is 0 Å². The first-order valence-electron chi connectivity index (χ1n) is 6.35. The smallest absolute Gasteiger partial charge is 0.250 e. The standard InChI is InChI=1S/C13H27NO2/c1-6-8-9-12(7-2)10-16-11(3)13(15)14(4)5/h11-12H,6-10H2,1-5H3. The molecule has 0 heterocycles. The minimum Gasteiger partial charge on any atom is -0.368 e. The molecule has 0 radical (unpaired) electrons. The molecule has 1 amide bonds. The summed E-state index contributed by atoms with van der Waals surface area (Å²) in [6, 6.07) is 0. The van der Waals surface area contributed by atoms with Crippen LogP contribution in [0.5, 0.6) is 0 Å². The first kappa shape index (κ1) is 15.4. The summed E-state index contributed by atoms with van der Waals surface area (Å²) >= 11 is 0. The van der Waals surface area contributed by atoms with Crippen LogP contribution in [0.2, 0.25) is 0 Å². The number of rotatable bonds is 8. The Morgan fingerprint density at radius 2 is 1.94 bits per heavy atom. The third-order valence-electron chi connectivity index (χ3n) is 2.91. The van der Waals surface area contributed by atoms with Gasteiger partial charge in [-0.15, -0.1) is 0 Å². The number of hydrogen-bond acceptors (Lipinski definition) is 2. The monoisotopic (exact) mass is 229 g/mol.